The van der Waals surface area contributed by atoms with Crippen molar-refractivity contribution in [2.45, 2.75) is 18.9 Å². The number of fused-ring (bicyclic) bond motifs is 4. The number of aromatic nitrogens is 1. The zero-order valence-corrected chi connectivity index (χ0v) is 13.7. The molecular formula is C15H16IN3O2. The lowest BCUT2D eigenvalue weighted by Gasteiger charge is -2.44. The molecule has 3 aliphatic rings. The van der Waals surface area contributed by atoms with Crippen LogP contribution in [0.2, 0.25) is 0 Å². The second-order valence-corrected chi connectivity index (χ2v) is 6.94. The van der Waals surface area contributed by atoms with Crippen molar-refractivity contribution in [3.05, 3.63) is 27.8 Å². The number of halogens is 1. The average molecular weight is 397 g/mol. The molecule has 5 rings (SSSR count). The highest BCUT2D eigenvalue weighted by atomic mass is 127. The molecule has 3 aliphatic heterocycles. The Morgan fingerprint density at radius 2 is 2.19 bits per heavy atom. The smallest absolute Gasteiger partial charge is 0.270 e. The molecule has 0 saturated carbocycles. The zero-order valence-electron chi connectivity index (χ0n) is 11.5. The summed E-state index contributed by atoms with van der Waals surface area (Å²) in [4.78, 5) is 19.1. The number of pyridine rings is 1. The quantitative estimate of drug-likeness (QED) is 0.791. The molecular weight excluding hydrogens is 381 g/mol. The van der Waals surface area contributed by atoms with Gasteiger partial charge in [0.05, 0.1) is 0 Å². The zero-order chi connectivity index (χ0) is 14.4. The van der Waals surface area contributed by atoms with E-state index in [1.54, 1.807) is 12.3 Å². The molecule has 1 N–H and O–H groups in total. The maximum atomic E-state index is 12.4. The maximum Gasteiger partial charge on any atom is 0.270 e. The molecule has 1 atom stereocenters. The predicted octanol–water partition coefficient (Wildman–Crippen LogP) is 2.26. The van der Waals surface area contributed by atoms with Crippen molar-refractivity contribution >= 4 is 39.5 Å². The van der Waals surface area contributed by atoms with Crippen molar-refractivity contribution in [1.29, 1.82) is 0 Å². The molecule has 21 heavy (non-hydrogen) atoms. The van der Waals surface area contributed by atoms with E-state index in [2.05, 4.69) is 37.8 Å². The van der Waals surface area contributed by atoms with Gasteiger partial charge in [-0.1, -0.05) is 0 Å². The fraction of sp³-hybridized carbons (Fsp3) is 0.467. The van der Waals surface area contributed by atoms with Crippen molar-refractivity contribution in [2.75, 3.05) is 19.6 Å². The predicted molar refractivity (Wildman–Crippen MR) is 87.1 cm³/mol. The van der Waals surface area contributed by atoms with Gasteiger partial charge in [-0.15, -0.1) is 0 Å². The van der Waals surface area contributed by atoms with E-state index in [0.29, 0.717) is 17.2 Å². The van der Waals surface area contributed by atoms with Crippen LogP contribution >= 0.6 is 22.6 Å². The molecule has 1 amide bonds. The molecule has 3 fully saturated rings. The van der Waals surface area contributed by atoms with Gasteiger partial charge in [-0.3, -0.25) is 9.78 Å². The monoisotopic (exact) mass is 397 g/mol. The SMILES string of the molecule is O=C(NC1CN2CCC1CC2)c1cc2oc(I)cc2cn1. The number of hydrogen-bond acceptors (Lipinski definition) is 4. The summed E-state index contributed by atoms with van der Waals surface area (Å²) >= 11 is 2.12. The third kappa shape index (κ3) is 2.55. The fourth-order valence-electron chi connectivity index (χ4n) is 3.40. The van der Waals surface area contributed by atoms with Crippen LogP contribution in [0.5, 0.6) is 0 Å². The number of nitrogens with zero attached hydrogens (tertiary/aromatic N) is 2. The van der Waals surface area contributed by atoms with Gasteiger partial charge in [-0.25, -0.2) is 0 Å². The number of carbonyl (C=O) groups is 1. The number of carbonyl (C=O) groups excluding carboxylic acids is 1. The first kappa shape index (κ1) is 13.5. The molecule has 5 heterocycles. The molecule has 2 aromatic heterocycles. The molecule has 0 spiro atoms. The van der Waals surface area contributed by atoms with Crippen LogP contribution in [0.25, 0.3) is 11.0 Å². The van der Waals surface area contributed by atoms with Crippen molar-refractivity contribution in [3.63, 3.8) is 0 Å². The lowest BCUT2D eigenvalue weighted by molar-refractivity contribution is 0.0618. The number of piperidine rings is 3. The van der Waals surface area contributed by atoms with Crippen LogP contribution in [0.1, 0.15) is 23.3 Å². The van der Waals surface area contributed by atoms with E-state index in [9.17, 15) is 4.79 Å². The minimum atomic E-state index is -0.0953. The van der Waals surface area contributed by atoms with Gasteiger partial charge in [0.1, 0.15) is 11.3 Å². The van der Waals surface area contributed by atoms with Gasteiger partial charge in [0.25, 0.3) is 5.91 Å². The van der Waals surface area contributed by atoms with E-state index in [1.165, 1.54) is 25.9 Å². The Morgan fingerprint density at radius 1 is 1.38 bits per heavy atom. The van der Waals surface area contributed by atoms with Crippen LogP contribution in [-0.4, -0.2) is 41.5 Å². The van der Waals surface area contributed by atoms with Gasteiger partial charge >= 0.3 is 0 Å². The Balaban J connectivity index is 1.53. The minimum Gasteiger partial charge on any atom is -0.450 e. The molecule has 1 unspecified atom stereocenters. The molecule has 3 saturated heterocycles. The summed E-state index contributed by atoms with van der Waals surface area (Å²) in [6.45, 7) is 3.31. The Bertz CT molecular complexity index is 691. The molecule has 0 aliphatic carbocycles. The van der Waals surface area contributed by atoms with E-state index in [1.807, 2.05) is 6.07 Å². The molecule has 2 bridgehead atoms. The first-order valence-electron chi connectivity index (χ1n) is 7.27. The average Bonchev–Trinajstić information content (AvgIpc) is 2.87. The van der Waals surface area contributed by atoms with Gasteiger partial charge < -0.3 is 14.6 Å². The Morgan fingerprint density at radius 3 is 2.90 bits per heavy atom. The van der Waals surface area contributed by atoms with Crippen LogP contribution < -0.4 is 5.32 Å². The molecule has 110 valence electrons. The van der Waals surface area contributed by atoms with E-state index in [4.69, 9.17) is 4.42 Å². The highest BCUT2D eigenvalue weighted by Gasteiger charge is 2.35. The summed E-state index contributed by atoms with van der Waals surface area (Å²) in [7, 11) is 0. The third-order valence-electron chi connectivity index (χ3n) is 4.58. The highest BCUT2D eigenvalue weighted by molar-refractivity contribution is 14.1. The number of hydrogen-bond donors (Lipinski definition) is 1. The van der Waals surface area contributed by atoms with Crippen LogP contribution in [-0.2, 0) is 0 Å². The summed E-state index contributed by atoms with van der Waals surface area (Å²) in [5, 5.41) is 4.08. The van der Waals surface area contributed by atoms with Gasteiger partial charge in [0, 0.05) is 30.2 Å². The van der Waals surface area contributed by atoms with E-state index >= 15 is 0 Å². The first-order chi connectivity index (χ1) is 10.2. The topological polar surface area (TPSA) is 58.4 Å². The molecule has 0 radical (unpaired) electrons. The van der Waals surface area contributed by atoms with Crippen molar-refractivity contribution in [2.24, 2.45) is 5.92 Å². The van der Waals surface area contributed by atoms with Gasteiger partial charge in [0.2, 0.25) is 0 Å². The number of rotatable bonds is 2. The van der Waals surface area contributed by atoms with Gasteiger partial charge in [-0.2, -0.15) is 0 Å². The second-order valence-electron chi connectivity index (χ2n) is 5.88. The van der Waals surface area contributed by atoms with Crippen molar-refractivity contribution in [1.82, 2.24) is 15.2 Å². The van der Waals surface area contributed by atoms with Crippen molar-refractivity contribution < 1.29 is 9.21 Å². The number of amides is 1. The maximum absolute atomic E-state index is 12.4. The van der Waals surface area contributed by atoms with Crippen molar-refractivity contribution in [3.8, 4) is 0 Å². The van der Waals surface area contributed by atoms with Gasteiger partial charge in [-0.05, 0) is 60.5 Å². The Labute approximate surface area is 136 Å². The molecule has 5 nitrogen and oxygen atoms in total. The van der Waals surface area contributed by atoms with E-state index in [0.717, 1.165) is 15.7 Å². The second kappa shape index (κ2) is 5.24. The summed E-state index contributed by atoms with van der Waals surface area (Å²) < 4.78 is 6.36. The summed E-state index contributed by atoms with van der Waals surface area (Å²) in [5.74, 6) is 0.523. The lowest BCUT2D eigenvalue weighted by atomic mass is 9.84. The third-order valence-corrected chi connectivity index (χ3v) is 5.11. The van der Waals surface area contributed by atoms with Gasteiger partial charge in [0.15, 0.2) is 3.77 Å². The summed E-state index contributed by atoms with van der Waals surface area (Å²) in [6, 6.07) is 3.90. The van der Waals surface area contributed by atoms with Crippen LogP contribution in [0, 0.1) is 9.68 Å². The highest BCUT2D eigenvalue weighted by Crippen LogP contribution is 2.27. The molecule has 0 aromatic carbocycles. The minimum absolute atomic E-state index is 0.0953. The Hall–Kier alpha value is -1.15. The molecule has 2 aromatic rings. The van der Waals surface area contributed by atoms with E-state index < -0.39 is 0 Å². The standard InChI is InChI=1S/C15H16IN3O2/c16-14-5-10-7-17-11(6-13(10)21-14)15(20)18-12-8-19-3-1-9(12)2-4-19/h5-7,9,12H,1-4,8H2,(H,18,20). The summed E-state index contributed by atoms with van der Waals surface area (Å²) in [6.07, 6.45) is 4.08. The van der Waals surface area contributed by atoms with E-state index in [-0.39, 0.29) is 11.9 Å². The fourth-order valence-corrected chi connectivity index (χ4v) is 3.97. The Kier molecular flexibility index (Phi) is 3.37. The summed E-state index contributed by atoms with van der Waals surface area (Å²) in [5.41, 5.74) is 1.15. The van der Waals surface area contributed by atoms with Crippen LogP contribution in [0.3, 0.4) is 0 Å². The lowest BCUT2D eigenvalue weighted by Crippen LogP contribution is -2.57. The number of furan rings is 1. The van der Waals surface area contributed by atoms with Crippen LogP contribution in [0.15, 0.2) is 22.7 Å². The molecule has 6 heteroatoms. The number of nitrogens with one attached hydrogen (secondary N) is 1. The normalized spacial score (nSPS) is 28.0. The van der Waals surface area contributed by atoms with Crippen LogP contribution in [0.4, 0.5) is 0 Å². The largest absolute Gasteiger partial charge is 0.450 e. The first-order valence-corrected chi connectivity index (χ1v) is 8.35.